The summed E-state index contributed by atoms with van der Waals surface area (Å²) in [5.41, 5.74) is 8.43. The van der Waals surface area contributed by atoms with E-state index in [2.05, 4.69) is 62.4 Å². The molecule has 3 fully saturated rings. The molecule has 400 valence electrons. The average Bonchev–Trinajstić information content (AvgIpc) is 4.00. The number of amides is 3. The van der Waals surface area contributed by atoms with Crippen LogP contribution < -0.4 is 25.2 Å². The Morgan fingerprint density at radius 3 is 2.39 bits per heavy atom. The lowest BCUT2D eigenvalue weighted by Crippen LogP contribution is -2.47. The lowest BCUT2D eigenvalue weighted by molar-refractivity contribution is -0.134. The Bertz CT molecular complexity index is 3350. The predicted molar refractivity (Wildman–Crippen MR) is 303 cm³/mol. The van der Waals surface area contributed by atoms with Crippen molar-refractivity contribution in [2.45, 2.75) is 110 Å². The van der Waals surface area contributed by atoms with E-state index in [1.165, 1.54) is 17.8 Å². The Morgan fingerprint density at radius 1 is 0.831 bits per heavy atom. The number of aromatic nitrogens is 4. The number of anilines is 3. The number of piperazine rings is 1. The molecule has 7 aromatic rings. The van der Waals surface area contributed by atoms with E-state index in [-0.39, 0.29) is 29.5 Å². The monoisotopic (exact) mass is 1060 g/mol. The number of thiazole rings is 1. The number of pyridine rings is 1. The maximum atomic E-state index is 14.2. The Balaban J connectivity index is 0.709. The van der Waals surface area contributed by atoms with Crippen molar-refractivity contribution in [3.8, 4) is 16.9 Å². The van der Waals surface area contributed by atoms with Crippen molar-refractivity contribution in [2.75, 3.05) is 54.4 Å². The smallest absolute Gasteiger partial charge is 0.358 e. The molecular weight excluding hydrogens is 987 g/mol. The molecule has 3 aromatic heterocycles. The van der Waals surface area contributed by atoms with Gasteiger partial charge in [-0.25, -0.2) is 14.8 Å². The van der Waals surface area contributed by atoms with E-state index in [4.69, 9.17) is 19.6 Å². The highest BCUT2D eigenvalue weighted by Gasteiger charge is 2.34. The van der Waals surface area contributed by atoms with Crippen LogP contribution >= 0.6 is 11.3 Å². The number of nitrogens with zero attached hydrogens (tertiary/aromatic N) is 7. The molecule has 2 atom stereocenters. The SMILES string of the molecule is Cc1c(OC2CCC(C[C@H](C)CN3CCN(c4cccc5c([C@@H]6CCC(=O)NC6=O)nn(C)c45)CC3)CC2)cccc1-c1ccc(N2CCc3cccc(C(=O)Nc4nc5ccccc5s4)c3C2)nc1C(=O)OC(C)(C)C. The minimum Gasteiger partial charge on any atom is -0.490 e. The second-order valence-corrected chi connectivity index (χ2v) is 23.7. The fraction of sp³-hybridized carbons (Fsp3) is 0.426. The van der Waals surface area contributed by atoms with Gasteiger partial charge in [0.1, 0.15) is 17.2 Å². The zero-order valence-electron chi connectivity index (χ0n) is 45.1. The molecule has 0 unspecified atom stereocenters. The number of carbonyl (C=O) groups is 4. The van der Waals surface area contributed by atoms with Crippen LogP contribution in [0.25, 0.3) is 32.2 Å². The highest BCUT2D eigenvalue weighted by molar-refractivity contribution is 7.22. The molecule has 0 bridgehead atoms. The van der Waals surface area contributed by atoms with E-state index < -0.39 is 17.5 Å². The van der Waals surface area contributed by atoms with Crippen LogP contribution in [0, 0.1) is 18.8 Å². The van der Waals surface area contributed by atoms with Gasteiger partial charge in [-0.15, -0.1) is 0 Å². The van der Waals surface area contributed by atoms with Gasteiger partial charge >= 0.3 is 5.97 Å². The second kappa shape index (κ2) is 21.7. The van der Waals surface area contributed by atoms with Crippen LogP contribution in [0.3, 0.4) is 0 Å². The lowest BCUT2D eigenvalue weighted by atomic mass is 9.82. The topological polar surface area (TPSA) is 164 Å². The number of hydrogen-bond acceptors (Lipinski definition) is 13. The first-order valence-corrected chi connectivity index (χ1v) is 28.2. The second-order valence-electron chi connectivity index (χ2n) is 22.6. The highest BCUT2D eigenvalue weighted by Crippen LogP contribution is 2.39. The summed E-state index contributed by atoms with van der Waals surface area (Å²) in [5, 5.41) is 11.9. The molecule has 4 aromatic carbocycles. The molecule has 4 aliphatic rings. The number of carbonyl (C=O) groups excluding carboxylic acids is 4. The number of nitrogens with one attached hydrogen (secondary N) is 2. The third-order valence-electron chi connectivity index (χ3n) is 16.0. The standard InChI is InChI=1S/C61H69N9O6S/c1-37(35-68-30-32-69(33-31-68)49-17-10-15-45-54(66-67(6)56(45)49)46-25-27-53(71)64-58(46)73)34-39-20-22-41(23-21-39)75-50-18-11-13-42(38(50)2)43-24-26-52(63-55(43)59(74)76-61(3,4)5)70-29-28-40-12-9-14-44(47(40)36-70)57(72)65-60-62-48-16-7-8-19-51(48)77-60/h7-19,24,26,37,39,41,46H,20-23,25,27-36H2,1-6H3,(H,62,65,72)(H,64,71,73)/t37-,39?,41?,46-/m0/s1. The molecule has 77 heavy (non-hydrogen) atoms. The number of piperidine rings is 1. The van der Waals surface area contributed by atoms with E-state index >= 15 is 0 Å². The largest absolute Gasteiger partial charge is 0.490 e. The molecule has 0 radical (unpaired) electrons. The summed E-state index contributed by atoms with van der Waals surface area (Å²) in [6.07, 6.45) is 7.07. The van der Waals surface area contributed by atoms with Gasteiger partial charge in [0.2, 0.25) is 11.8 Å². The Labute approximate surface area is 454 Å². The first-order valence-electron chi connectivity index (χ1n) is 27.4. The summed E-state index contributed by atoms with van der Waals surface area (Å²) in [7, 11) is 1.95. The van der Waals surface area contributed by atoms with E-state index in [0.717, 1.165) is 119 Å². The van der Waals surface area contributed by atoms with Crippen LogP contribution in [0.15, 0.2) is 91.0 Å². The van der Waals surface area contributed by atoms with Gasteiger partial charge in [0.25, 0.3) is 5.91 Å². The fourth-order valence-corrected chi connectivity index (χ4v) is 13.0. The van der Waals surface area contributed by atoms with Crippen molar-refractivity contribution in [2.24, 2.45) is 18.9 Å². The summed E-state index contributed by atoms with van der Waals surface area (Å²) < 4.78 is 15.8. The van der Waals surface area contributed by atoms with Crippen LogP contribution in [0.4, 0.5) is 16.6 Å². The van der Waals surface area contributed by atoms with Crippen molar-refractivity contribution >= 4 is 72.8 Å². The lowest BCUT2D eigenvalue weighted by Gasteiger charge is -2.38. The predicted octanol–water partition coefficient (Wildman–Crippen LogP) is 10.6. The van der Waals surface area contributed by atoms with E-state index in [9.17, 15) is 19.2 Å². The first kappa shape index (κ1) is 51.9. The summed E-state index contributed by atoms with van der Waals surface area (Å²) in [6.45, 7) is 16.1. The molecule has 1 aliphatic carbocycles. The third-order valence-corrected chi connectivity index (χ3v) is 16.9. The van der Waals surface area contributed by atoms with Gasteiger partial charge in [0.15, 0.2) is 10.8 Å². The average molecular weight is 1060 g/mol. The zero-order chi connectivity index (χ0) is 53.5. The minimum atomic E-state index is -0.736. The van der Waals surface area contributed by atoms with Crippen molar-refractivity contribution in [1.29, 1.82) is 0 Å². The van der Waals surface area contributed by atoms with E-state index in [1.807, 2.05) is 105 Å². The van der Waals surface area contributed by atoms with Crippen LogP contribution in [-0.4, -0.2) is 99.3 Å². The van der Waals surface area contributed by atoms with Crippen LogP contribution in [-0.2, 0) is 34.3 Å². The van der Waals surface area contributed by atoms with E-state index in [0.29, 0.717) is 66.3 Å². The minimum absolute atomic E-state index is 0.105. The summed E-state index contributed by atoms with van der Waals surface area (Å²) in [6, 6.07) is 30.0. The van der Waals surface area contributed by atoms with Gasteiger partial charge in [0.05, 0.1) is 39.1 Å². The van der Waals surface area contributed by atoms with Crippen molar-refractivity contribution in [3.05, 3.63) is 125 Å². The van der Waals surface area contributed by atoms with Gasteiger partial charge in [-0.3, -0.25) is 34.6 Å². The van der Waals surface area contributed by atoms with E-state index in [1.54, 1.807) is 0 Å². The molecule has 3 amide bonds. The number of fused-ring (bicyclic) bond motifs is 3. The normalized spacial score (nSPS) is 19.7. The maximum Gasteiger partial charge on any atom is 0.358 e. The Kier molecular flexibility index (Phi) is 14.6. The summed E-state index contributed by atoms with van der Waals surface area (Å²) >= 11 is 1.45. The Morgan fingerprint density at radius 2 is 1.61 bits per heavy atom. The van der Waals surface area contributed by atoms with Gasteiger partial charge in [-0.2, -0.15) is 5.10 Å². The van der Waals surface area contributed by atoms with Crippen LogP contribution in [0.5, 0.6) is 5.75 Å². The maximum absolute atomic E-state index is 14.2. The summed E-state index contributed by atoms with van der Waals surface area (Å²) in [4.78, 5) is 69.5. The first-order chi connectivity index (χ1) is 37.1. The molecule has 1 saturated carbocycles. The number of para-hydroxylation sites is 2. The number of aryl methyl sites for hydroxylation is 1. The zero-order valence-corrected chi connectivity index (χ0v) is 45.9. The molecule has 3 aliphatic heterocycles. The molecule has 11 rings (SSSR count). The number of hydrogen-bond donors (Lipinski definition) is 2. The molecule has 15 nitrogen and oxygen atoms in total. The van der Waals surface area contributed by atoms with Crippen LogP contribution in [0.1, 0.15) is 122 Å². The van der Waals surface area contributed by atoms with Crippen LogP contribution in [0.2, 0.25) is 0 Å². The molecule has 2 N–H and O–H groups in total. The fourth-order valence-electron chi connectivity index (χ4n) is 12.2. The number of ether oxygens (including phenoxy) is 2. The molecular formula is C61H69N9O6S. The van der Waals surface area contributed by atoms with Gasteiger partial charge < -0.3 is 19.3 Å². The highest BCUT2D eigenvalue weighted by atomic mass is 32.1. The quantitative estimate of drug-likeness (QED) is 0.0831. The number of imide groups is 1. The molecule has 2 saturated heterocycles. The number of esters is 1. The van der Waals surface area contributed by atoms with Crippen molar-refractivity contribution in [3.63, 3.8) is 0 Å². The molecule has 16 heteroatoms. The number of benzene rings is 4. The number of rotatable bonds is 13. The summed E-state index contributed by atoms with van der Waals surface area (Å²) in [5.74, 6) is 1.09. The van der Waals surface area contributed by atoms with Gasteiger partial charge in [-0.1, -0.05) is 66.8 Å². The molecule has 0 spiro atoms. The Hall–Kier alpha value is -7.17. The molecule has 6 heterocycles. The third kappa shape index (κ3) is 11.2. The van der Waals surface area contributed by atoms with Gasteiger partial charge in [-0.05, 0) is 149 Å². The van der Waals surface area contributed by atoms with Crippen molar-refractivity contribution < 1.29 is 28.7 Å². The van der Waals surface area contributed by atoms with Crippen molar-refractivity contribution in [1.82, 2.24) is 30.0 Å². The van der Waals surface area contributed by atoms with Gasteiger partial charge in [0, 0.05) is 75.8 Å².